The van der Waals surface area contributed by atoms with E-state index in [1.165, 1.54) is 6.42 Å². The van der Waals surface area contributed by atoms with Crippen molar-refractivity contribution in [1.82, 2.24) is 0 Å². The largest absolute Gasteiger partial charge is 0.405 e. The van der Waals surface area contributed by atoms with Gasteiger partial charge in [-0.15, -0.1) is 6.58 Å². The highest BCUT2D eigenvalue weighted by Crippen LogP contribution is 2.71. The van der Waals surface area contributed by atoms with Crippen molar-refractivity contribution in [3.8, 4) is 0 Å². The van der Waals surface area contributed by atoms with Crippen LogP contribution in [0, 0.1) is 16.7 Å². The van der Waals surface area contributed by atoms with Gasteiger partial charge < -0.3 is 4.43 Å². The molecule has 0 saturated heterocycles. The van der Waals surface area contributed by atoms with Crippen molar-refractivity contribution in [3.63, 3.8) is 0 Å². The molecule has 0 unspecified atom stereocenters. The first-order chi connectivity index (χ1) is 9.50. The number of Topliss-reactive ketones (excluding diaryl/α,β-unsaturated/α-hetero) is 1. The summed E-state index contributed by atoms with van der Waals surface area (Å²) in [7, 11) is -1.79. The van der Waals surface area contributed by atoms with E-state index in [9.17, 15) is 4.79 Å². The zero-order chi connectivity index (χ0) is 16.1. The van der Waals surface area contributed by atoms with E-state index >= 15 is 0 Å². The molecule has 3 heteroatoms. The van der Waals surface area contributed by atoms with Gasteiger partial charge in [0, 0.05) is 11.8 Å². The molecule has 2 rings (SSSR count). The molecule has 21 heavy (non-hydrogen) atoms. The van der Waals surface area contributed by atoms with Crippen LogP contribution in [0.2, 0.25) is 19.6 Å². The topological polar surface area (TPSA) is 26.3 Å². The molecule has 0 radical (unpaired) electrons. The lowest BCUT2D eigenvalue weighted by Gasteiger charge is -2.50. The average Bonchev–Trinajstić information content (AvgIpc) is 2.66. The van der Waals surface area contributed by atoms with Gasteiger partial charge in [-0.2, -0.15) is 0 Å². The Kier molecular flexibility index (Phi) is 4.08. The van der Waals surface area contributed by atoms with Crippen LogP contribution in [0.5, 0.6) is 0 Å². The van der Waals surface area contributed by atoms with Gasteiger partial charge in [-0.05, 0) is 56.7 Å². The van der Waals surface area contributed by atoms with Gasteiger partial charge >= 0.3 is 0 Å². The molecule has 120 valence electrons. The number of rotatable bonds is 6. The lowest BCUT2D eigenvalue weighted by Crippen LogP contribution is -2.58. The summed E-state index contributed by atoms with van der Waals surface area (Å²) >= 11 is 0. The quantitative estimate of drug-likeness (QED) is 0.512. The monoisotopic (exact) mass is 308 g/mol. The minimum Gasteiger partial charge on any atom is -0.405 e. The van der Waals surface area contributed by atoms with Crippen molar-refractivity contribution >= 4 is 14.1 Å². The van der Waals surface area contributed by atoms with Crippen molar-refractivity contribution in [2.75, 3.05) is 0 Å². The Balaban J connectivity index is 2.44. The molecule has 0 aliphatic heterocycles. The zero-order valence-electron chi connectivity index (χ0n) is 14.7. The van der Waals surface area contributed by atoms with E-state index in [0.29, 0.717) is 18.1 Å². The Hall–Kier alpha value is -0.413. The number of hydrogen-bond acceptors (Lipinski definition) is 2. The number of carbonyl (C=O) groups excluding carboxylic acids is 1. The van der Waals surface area contributed by atoms with E-state index in [4.69, 9.17) is 4.43 Å². The molecule has 2 aliphatic carbocycles. The van der Waals surface area contributed by atoms with Crippen LogP contribution in [0.4, 0.5) is 0 Å². The maximum atomic E-state index is 13.1. The van der Waals surface area contributed by atoms with E-state index in [-0.39, 0.29) is 10.8 Å². The number of hydrogen-bond donors (Lipinski definition) is 0. The summed E-state index contributed by atoms with van der Waals surface area (Å²) in [6.07, 6.45) is 6.48. The third kappa shape index (κ3) is 2.37. The van der Waals surface area contributed by atoms with Gasteiger partial charge in [-0.3, -0.25) is 4.79 Å². The van der Waals surface area contributed by atoms with Gasteiger partial charge in [0.2, 0.25) is 0 Å². The van der Waals surface area contributed by atoms with Crippen LogP contribution < -0.4 is 0 Å². The Morgan fingerprint density at radius 3 is 2.33 bits per heavy atom. The minimum atomic E-state index is -1.79. The van der Waals surface area contributed by atoms with Crippen molar-refractivity contribution in [3.05, 3.63) is 12.7 Å². The second kappa shape index (κ2) is 5.06. The highest BCUT2D eigenvalue weighted by Gasteiger charge is 2.72. The highest BCUT2D eigenvalue weighted by atomic mass is 28.4. The van der Waals surface area contributed by atoms with Crippen LogP contribution in [0.1, 0.15) is 52.9 Å². The molecule has 2 saturated carbocycles. The van der Waals surface area contributed by atoms with Crippen molar-refractivity contribution in [1.29, 1.82) is 0 Å². The van der Waals surface area contributed by atoms with Crippen LogP contribution in [0.25, 0.3) is 0 Å². The van der Waals surface area contributed by atoms with Crippen LogP contribution in [-0.4, -0.2) is 19.7 Å². The standard InChI is InChI=1S/C18H32O2Si/c1-8-9-10-15(19)18(20-21(5,6)7)13-14-11-12-17(18,4)16(14,2)3/h8,14H,1,9-13H2,2-7H3/t14-,17-,18+/m1/s1. The zero-order valence-corrected chi connectivity index (χ0v) is 15.7. The Morgan fingerprint density at radius 1 is 1.33 bits per heavy atom. The first kappa shape index (κ1) is 16.9. The number of ketones is 1. The van der Waals surface area contributed by atoms with Gasteiger partial charge in [0.25, 0.3) is 0 Å². The second-order valence-corrected chi connectivity index (χ2v) is 13.2. The summed E-state index contributed by atoms with van der Waals surface area (Å²) < 4.78 is 6.67. The summed E-state index contributed by atoms with van der Waals surface area (Å²) in [6, 6.07) is 0. The molecule has 2 bridgehead atoms. The second-order valence-electron chi connectivity index (χ2n) is 8.79. The fourth-order valence-electron chi connectivity index (χ4n) is 4.84. The smallest absolute Gasteiger partial charge is 0.185 e. The molecule has 0 aromatic heterocycles. The molecule has 0 N–H and O–H groups in total. The van der Waals surface area contributed by atoms with E-state index in [2.05, 4.69) is 47.0 Å². The first-order valence-corrected chi connectivity index (χ1v) is 11.8. The van der Waals surface area contributed by atoms with Crippen molar-refractivity contribution in [2.24, 2.45) is 16.7 Å². The number of carbonyl (C=O) groups is 1. The molecule has 2 nitrogen and oxygen atoms in total. The summed E-state index contributed by atoms with van der Waals surface area (Å²) in [5.41, 5.74) is -0.382. The van der Waals surface area contributed by atoms with E-state index in [1.54, 1.807) is 0 Å². The maximum Gasteiger partial charge on any atom is 0.185 e. The summed E-state index contributed by atoms with van der Waals surface area (Å²) in [5, 5.41) is 0. The van der Waals surface area contributed by atoms with Crippen molar-refractivity contribution < 1.29 is 9.22 Å². The summed E-state index contributed by atoms with van der Waals surface area (Å²) in [5.74, 6) is 0.939. The SMILES string of the molecule is C=CCCC(=O)[C@@]1(O[Si](C)(C)C)C[C@H]2CC[C@]1(C)C2(C)C. The maximum absolute atomic E-state index is 13.1. The minimum absolute atomic E-state index is 0.0246. The predicted octanol–water partition coefficient (Wildman–Crippen LogP) is 4.96. The van der Waals surface area contributed by atoms with Gasteiger partial charge in [0.15, 0.2) is 14.1 Å². The third-order valence-corrected chi connectivity index (χ3v) is 7.33. The molecule has 0 aromatic carbocycles. The number of allylic oxidation sites excluding steroid dienone is 1. The fourth-order valence-corrected chi connectivity index (χ4v) is 6.31. The first-order valence-electron chi connectivity index (χ1n) is 8.34. The molecule has 2 aliphatic rings. The summed E-state index contributed by atoms with van der Waals surface area (Å²) in [6.45, 7) is 17.4. The van der Waals surface area contributed by atoms with Gasteiger partial charge in [0.05, 0.1) is 0 Å². The van der Waals surface area contributed by atoms with Gasteiger partial charge in [0.1, 0.15) is 5.60 Å². The molecule has 2 fully saturated rings. The van der Waals surface area contributed by atoms with Crippen LogP contribution in [-0.2, 0) is 9.22 Å². The van der Waals surface area contributed by atoms with Gasteiger partial charge in [-0.25, -0.2) is 0 Å². The molecule has 0 amide bonds. The lowest BCUT2D eigenvalue weighted by atomic mass is 9.62. The molecule has 0 heterocycles. The van der Waals surface area contributed by atoms with E-state index in [1.807, 2.05) is 6.08 Å². The third-order valence-electron chi connectivity index (χ3n) is 6.37. The Labute approximate surface area is 131 Å². The summed E-state index contributed by atoms with van der Waals surface area (Å²) in [4.78, 5) is 13.1. The molecule has 0 spiro atoms. The van der Waals surface area contributed by atoms with Crippen LogP contribution in [0.15, 0.2) is 12.7 Å². The van der Waals surface area contributed by atoms with Crippen molar-refractivity contribution in [2.45, 2.75) is 78.1 Å². The normalized spacial score (nSPS) is 37.7. The Bertz CT molecular complexity index is 449. The molecular weight excluding hydrogens is 276 g/mol. The molecule has 0 aromatic rings. The number of fused-ring (bicyclic) bond motifs is 2. The van der Waals surface area contributed by atoms with E-state index in [0.717, 1.165) is 19.3 Å². The van der Waals surface area contributed by atoms with Gasteiger partial charge in [-0.1, -0.05) is 26.8 Å². The predicted molar refractivity (Wildman–Crippen MR) is 90.8 cm³/mol. The van der Waals surface area contributed by atoms with E-state index < -0.39 is 13.9 Å². The highest BCUT2D eigenvalue weighted by molar-refractivity contribution is 6.70. The molecular formula is C18H32O2Si. The Morgan fingerprint density at radius 2 is 1.95 bits per heavy atom. The molecule has 3 atom stereocenters. The average molecular weight is 309 g/mol. The van der Waals surface area contributed by atoms with Crippen LogP contribution >= 0.6 is 0 Å². The lowest BCUT2D eigenvalue weighted by molar-refractivity contribution is -0.151. The van der Waals surface area contributed by atoms with Crippen LogP contribution in [0.3, 0.4) is 0 Å². The fraction of sp³-hybridized carbons (Fsp3) is 0.833.